The third kappa shape index (κ3) is 4.72. The molecule has 1 aromatic carbocycles. The molecule has 1 aliphatic carbocycles. The van der Waals surface area contributed by atoms with Crippen LogP contribution in [0.5, 0.6) is 5.75 Å². The third-order valence-electron chi connectivity index (χ3n) is 7.09. The van der Waals surface area contributed by atoms with Crippen LogP contribution in [0.4, 0.5) is 0 Å². The molecule has 2 aromatic rings. The van der Waals surface area contributed by atoms with Crippen LogP contribution in [0.15, 0.2) is 46.0 Å². The number of carbonyl (C=O) groups excluding carboxylic acids is 1. The molecule has 0 radical (unpaired) electrons. The second kappa shape index (κ2) is 9.85. The Balaban J connectivity index is 1.37. The standard InChI is InChI=1S/C27H31N5O2S/c1-17-15-20(18(2)31(17)21-10-12-22(34-3)13-11-21)16-23-25(28)32-27(29-26(23)33)35-24(30-32)14-9-19-7-5-4-6-8-19/h10-13,15-16,19,28H,4-9,14H2,1-3H3/b23-16+,28-25?. The molecule has 5 rings (SSSR count). The van der Waals surface area contributed by atoms with E-state index in [4.69, 9.17) is 10.1 Å². The molecule has 1 fully saturated rings. The zero-order valence-electron chi connectivity index (χ0n) is 20.5. The number of fused-ring (bicyclic) bond motifs is 1. The van der Waals surface area contributed by atoms with E-state index in [0.29, 0.717) is 5.17 Å². The highest BCUT2D eigenvalue weighted by Crippen LogP contribution is 2.33. The molecule has 0 spiro atoms. The Kier molecular flexibility index (Phi) is 6.65. The van der Waals surface area contributed by atoms with Crippen LogP contribution in [0, 0.1) is 25.2 Å². The molecule has 1 aromatic heterocycles. The number of nitrogens with one attached hydrogen (secondary N) is 1. The summed E-state index contributed by atoms with van der Waals surface area (Å²) in [4.78, 5) is 17.2. The molecule has 1 amide bonds. The van der Waals surface area contributed by atoms with Crippen LogP contribution < -0.4 is 4.74 Å². The number of nitrogens with zero attached hydrogens (tertiary/aromatic N) is 4. The van der Waals surface area contributed by atoms with Crippen LogP contribution in [-0.2, 0) is 4.79 Å². The van der Waals surface area contributed by atoms with Gasteiger partial charge in [-0.1, -0.05) is 32.1 Å². The number of methoxy groups -OCH3 is 1. The van der Waals surface area contributed by atoms with Crippen molar-refractivity contribution in [3.8, 4) is 11.4 Å². The highest BCUT2D eigenvalue weighted by molar-refractivity contribution is 8.26. The largest absolute Gasteiger partial charge is 0.497 e. The molecule has 3 heterocycles. The van der Waals surface area contributed by atoms with Crippen molar-refractivity contribution in [1.82, 2.24) is 9.58 Å². The number of hydrogen-bond acceptors (Lipinski definition) is 5. The van der Waals surface area contributed by atoms with Gasteiger partial charge in [-0.25, -0.2) is 0 Å². The number of hydrogen-bond donors (Lipinski definition) is 1. The van der Waals surface area contributed by atoms with Gasteiger partial charge in [0.2, 0.25) is 5.17 Å². The van der Waals surface area contributed by atoms with Gasteiger partial charge in [-0.3, -0.25) is 10.2 Å². The molecule has 35 heavy (non-hydrogen) atoms. The lowest BCUT2D eigenvalue weighted by molar-refractivity contribution is -0.114. The predicted octanol–water partition coefficient (Wildman–Crippen LogP) is 6.08. The van der Waals surface area contributed by atoms with Gasteiger partial charge in [0.1, 0.15) is 10.8 Å². The van der Waals surface area contributed by atoms with E-state index in [1.165, 1.54) is 48.9 Å². The molecule has 3 aliphatic rings. The lowest BCUT2D eigenvalue weighted by atomic mass is 9.86. The summed E-state index contributed by atoms with van der Waals surface area (Å²) in [6.07, 6.45) is 10.4. The first kappa shape index (κ1) is 23.6. The first-order valence-electron chi connectivity index (χ1n) is 12.3. The van der Waals surface area contributed by atoms with E-state index in [9.17, 15) is 4.79 Å². The maximum atomic E-state index is 12.9. The van der Waals surface area contributed by atoms with Crippen molar-refractivity contribution in [3.63, 3.8) is 0 Å². The predicted molar refractivity (Wildman–Crippen MR) is 143 cm³/mol. The highest BCUT2D eigenvalue weighted by atomic mass is 32.2. The summed E-state index contributed by atoms with van der Waals surface area (Å²) in [5, 5.41) is 16.4. The average molecular weight is 490 g/mol. The van der Waals surface area contributed by atoms with Gasteiger partial charge in [-0.2, -0.15) is 15.1 Å². The molecular formula is C27H31N5O2S. The van der Waals surface area contributed by atoms with Crippen LogP contribution in [0.2, 0.25) is 0 Å². The molecule has 8 heteroatoms. The van der Waals surface area contributed by atoms with E-state index >= 15 is 0 Å². The fraction of sp³-hybridized carbons (Fsp3) is 0.407. The molecule has 0 unspecified atom stereocenters. The number of ether oxygens (including phenoxy) is 1. The lowest BCUT2D eigenvalue weighted by Gasteiger charge is -2.20. The minimum atomic E-state index is -0.383. The average Bonchev–Trinajstić information content (AvgIpc) is 3.40. The highest BCUT2D eigenvalue weighted by Gasteiger charge is 2.35. The van der Waals surface area contributed by atoms with Crippen LogP contribution in [0.25, 0.3) is 11.8 Å². The zero-order chi connectivity index (χ0) is 24.5. The monoisotopic (exact) mass is 489 g/mol. The Morgan fingerprint density at radius 3 is 2.63 bits per heavy atom. The van der Waals surface area contributed by atoms with Gasteiger partial charge in [-0.15, -0.1) is 0 Å². The molecule has 0 saturated heterocycles. The molecule has 2 aliphatic heterocycles. The van der Waals surface area contributed by atoms with Crippen molar-refractivity contribution < 1.29 is 9.53 Å². The molecular weight excluding hydrogens is 458 g/mol. The minimum Gasteiger partial charge on any atom is -0.497 e. The molecule has 7 nitrogen and oxygen atoms in total. The number of aliphatic imine (C=N–C) groups is 1. The molecule has 1 N–H and O–H groups in total. The Labute approximate surface area is 210 Å². The fourth-order valence-corrected chi connectivity index (χ4v) is 6.05. The first-order chi connectivity index (χ1) is 16.9. The molecule has 182 valence electrons. The van der Waals surface area contributed by atoms with Crippen LogP contribution in [0.1, 0.15) is 61.9 Å². The number of rotatable bonds is 6. The summed E-state index contributed by atoms with van der Waals surface area (Å²) in [6, 6.07) is 9.90. The van der Waals surface area contributed by atoms with Gasteiger partial charge >= 0.3 is 0 Å². The van der Waals surface area contributed by atoms with Gasteiger partial charge in [0.05, 0.1) is 12.7 Å². The number of amidine groups is 2. The number of carbonyl (C=O) groups is 1. The number of aromatic nitrogens is 1. The van der Waals surface area contributed by atoms with Crippen LogP contribution >= 0.6 is 11.8 Å². The maximum Gasteiger partial charge on any atom is 0.283 e. The van der Waals surface area contributed by atoms with E-state index in [2.05, 4.69) is 14.7 Å². The number of aryl methyl sites for hydroxylation is 1. The lowest BCUT2D eigenvalue weighted by Crippen LogP contribution is -2.35. The summed E-state index contributed by atoms with van der Waals surface area (Å²) >= 11 is 1.43. The van der Waals surface area contributed by atoms with Gasteiger partial charge in [0.25, 0.3) is 5.91 Å². The topological polar surface area (TPSA) is 83.0 Å². The van der Waals surface area contributed by atoms with Gasteiger partial charge in [0.15, 0.2) is 5.84 Å². The number of thioether (sulfide) groups is 1. The first-order valence-corrected chi connectivity index (χ1v) is 13.1. The van der Waals surface area contributed by atoms with E-state index in [0.717, 1.165) is 52.2 Å². The Hall–Kier alpha value is -3.13. The number of benzene rings is 1. The smallest absolute Gasteiger partial charge is 0.283 e. The summed E-state index contributed by atoms with van der Waals surface area (Å²) in [5.41, 5.74) is 4.19. The van der Waals surface area contributed by atoms with Crippen molar-refractivity contribution in [2.75, 3.05) is 7.11 Å². The normalized spacial score (nSPS) is 19.7. The SMILES string of the molecule is COc1ccc(-n2c(C)cc(/C=C3\C(=N)N4N=C(CCC5CCCCC5)SC4=NC3=O)c2C)cc1. The van der Waals surface area contributed by atoms with Gasteiger partial charge < -0.3 is 9.30 Å². The molecule has 0 bridgehead atoms. The Bertz CT molecular complexity index is 1250. The van der Waals surface area contributed by atoms with Crippen LogP contribution in [-0.4, -0.2) is 38.6 Å². The zero-order valence-corrected chi connectivity index (χ0v) is 21.3. The van der Waals surface area contributed by atoms with Gasteiger partial charge in [-0.05, 0) is 86.3 Å². The summed E-state index contributed by atoms with van der Waals surface area (Å²) in [6.45, 7) is 4.05. The summed E-state index contributed by atoms with van der Waals surface area (Å²) in [7, 11) is 1.65. The Morgan fingerprint density at radius 2 is 1.91 bits per heavy atom. The summed E-state index contributed by atoms with van der Waals surface area (Å²) in [5.74, 6) is 1.28. The second-order valence-electron chi connectivity index (χ2n) is 9.42. The third-order valence-corrected chi connectivity index (χ3v) is 8.06. The van der Waals surface area contributed by atoms with E-state index in [-0.39, 0.29) is 17.3 Å². The summed E-state index contributed by atoms with van der Waals surface area (Å²) < 4.78 is 7.40. The minimum absolute atomic E-state index is 0.0921. The van der Waals surface area contributed by atoms with Crippen molar-refractivity contribution in [2.24, 2.45) is 16.0 Å². The van der Waals surface area contributed by atoms with Crippen LogP contribution in [0.3, 0.4) is 0 Å². The van der Waals surface area contributed by atoms with E-state index in [1.807, 2.05) is 44.2 Å². The number of hydrazone groups is 1. The quantitative estimate of drug-likeness (QED) is 0.498. The maximum absolute atomic E-state index is 12.9. The fourth-order valence-electron chi connectivity index (χ4n) is 5.15. The second-order valence-corrected chi connectivity index (χ2v) is 10.5. The molecule has 1 saturated carbocycles. The molecule has 0 atom stereocenters. The van der Waals surface area contributed by atoms with Crippen molar-refractivity contribution in [1.29, 1.82) is 5.41 Å². The van der Waals surface area contributed by atoms with E-state index < -0.39 is 0 Å². The Morgan fingerprint density at radius 1 is 1.17 bits per heavy atom. The van der Waals surface area contributed by atoms with Gasteiger partial charge in [0, 0.05) is 17.1 Å². The van der Waals surface area contributed by atoms with Crippen molar-refractivity contribution in [2.45, 2.75) is 58.8 Å². The number of amides is 1. The van der Waals surface area contributed by atoms with Crippen molar-refractivity contribution in [3.05, 3.63) is 52.9 Å². The van der Waals surface area contributed by atoms with Crippen molar-refractivity contribution >= 4 is 39.8 Å². The van der Waals surface area contributed by atoms with E-state index in [1.54, 1.807) is 13.2 Å².